The summed E-state index contributed by atoms with van der Waals surface area (Å²) in [6.07, 6.45) is 3.03. The van der Waals surface area contributed by atoms with Crippen LogP contribution in [-0.2, 0) is 9.59 Å². The van der Waals surface area contributed by atoms with Gasteiger partial charge in [-0.25, -0.2) is 5.43 Å². The summed E-state index contributed by atoms with van der Waals surface area (Å²) < 4.78 is 10.7. The molecular weight excluding hydrogens is 346 g/mol. The van der Waals surface area contributed by atoms with Crippen molar-refractivity contribution >= 4 is 23.7 Å². The van der Waals surface area contributed by atoms with Gasteiger partial charge in [0, 0.05) is 5.69 Å². The zero-order chi connectivity index (χ0) is 19.6. The van der Waals surface area contributed by atoms with Gasteiger partial charge in [0.05, 0.1) is 13.3 Å². The van der Waals surface area contributed by atoms with E-state index in [4.69, 9.17) is 9.47 Å². The third-order valence-electron chi connectivity index (χ3n) is 3.52. The van der Waals surface area contributed by atoms with Crippen molar-refractivity contribution in [3.63, 3.8) is 0 Å². The topological polar surface area (TPSA) is 89.0 Å². The third-order valence-corrected chi connectivity index (χ3v) is 3.52. The minimum atomic E-state index is -0.868. The van der Waals surface area contributed by atoms with Crippen LogP contribution in [0.4, 0.5) is 5.69 Å². The van der Waals surface area contributed by atoms with Gasteiger partial charge < -0.3 is 14.8 Å². The Hall–Kier alpha value is -3.61. The first-order valence-electron chi connectivity index (χ1n) is 8.17. The standard InChI is InChI=1S/C20H21N3O4/c1-4-11-27-17-10-9-15(12-18(17)26-3)13-21-23-20(25)19(24)22-16-8-6-5-7-14(16)2/h4-10,12-13H,1,11H2,2-3H3,(H,22,24)(H,23,25)/b21-13-. The molecule has 0 aromatic heterocycles. The fraction of sp³-hybridized carbons (Fsp3) is 0.150. The molecule has 0 bridgehead atoms. The second-order valence-electron chi connectivity index (χ2n) is 5.48. The Morgan fingerprint density at radius 2 is 1.93 bits per heavy atom. The monoisotopic (exact) mass is 367 g/mol. The van der Waals surface area contributed by atoms with Crippen LogP contribution in [-0.4, -0.2) is 31.7 Å². The van der Waals surface area contributed by atoms with Crippen LogP contribution in [0, 0.1) is 6.92 Å². The number of rotatable bonds is 7. The second kappa shape index (κ2) is 9.76. The van der Waals surface area contributed by atoms with Gasteiger partial charge in [0.2, 0.25) is 0 Å². The Bertz CT molecular complexity index is 862. The van der Waals surface area contributed by atoms with Gasteiger partial charge in [-0.15, -0.1) is 0 Å². The summed E-state index contributed by atoms with van der Waals surface area (Å²) in [6.45, 7) is 5.78. The number of carbonyl (C=O) groups excluding carboxylic acids is 2. The number of para-hydroxylation sites is 1. The summed E-state index contributed by atoms with van der Waals surface area (Å²) in [5.74, 6) is -0.583. The van der Waals surface area contributed by atoms with Gasteiger partial charge in [-0.1, -0.05) is 30.9 Å². The molecule has 0 unspecified atom stereocenters. The SMILES string of the molecule is C=CCOc1ccc(/C=N\NC(=O)C(=O)Nc2ccccc2C)cc1OC. The average molecular weight is 367 g/mol. The first kappa shape index (κ1) is 19.7. The van der Waals surface area contributed by atoms with Crippen LogP contribution in [0.15, 0.2) is 60.2 Å². The van der Waals surface area contributed by atoms with Gasteiger partial charge in [-0.3, -0.25) is 9.59 Å². The maximum absolute atomic E-state index is 11.9. The van der Waals surface area contributed by atoms with Crippen LogP contribution in [0.3, 0.4) is 0 Å². The summed E-state index contributed by atoms with van der Waals surface area (Å²) >= 11 is 0. The molecule has 2 N–H and O–H groups in total. The van der Waals surface area contributed by atoms with Crippen LogP contribution in [0.5, 0.6) is 11.5 Å². The highest BCUT2D eigenvalue weighted by atomic mass is 16.5. The molecule has 2 rings (SSSR count). The van der Waals surface area contributed by atoms with E-state index in [1.54, 1.807) is 36.4 Å². The second-order valence-corrected chi connectivity index (χ2v) is 5.48. The zero-order valence-electron chi connectivity index (χ0n) is 15.2. The lowest BCUT2D eigenvalue weighted by Gasteiger charge is -2.09. The quantitative estimate of drug-likeness (QED) is 0.341. The molecule has 7 nitrogen and oxygen atoms in total. The minimum Gasteiger partial charge on any atom is -0.493 e. The normalized spacial score (nSPS) is 10.3. The first-order valence-corrected chi connectivity index (χ1v) is 8.17. The number of hydrogen-bond acceptors (Lipinski definition) is 5. The molecule has 0 heterocycles. The molecule has 0 spiro atoms. The Morgan fingerprint density at radius 1 is 1.15 bits per heavy atom. The van der Waals surface area contributed by atoms with E-state index < -0.39 is 11.8 Å². The van der Waals surface area contributed by atoms with Crippen molar-refractivity contribution in [2.24, 2.45) is 5.10 Å². The molecule has 0 saturated carbocycles. The number of carbonyl (C=O) groups is 2. The van der Waals surface area contributed by atoms with Gasteiger partial charge >= 0.3 is 11.8 Å². The predicted octanol–water partition coefficient (Wildman–Crippen LogP) is 2.66. The summed E-state index contributed by atoms with van der Waals surface area (Å²) in [4.78, 5) is 23.8. The molecule has 0 radical (unpaired) electrons. The molecule has 0 atom stereocenters. The van der Waals surface area contributed by atoms with E-state index in [0.717, 1.165) is 5.56 Å². The maximum Gasteiger partial charge on any atom is 0.329 e. The number of hydrazone groups is 1. The van der Waals surface area contributed by atoms with Gasteiger partial charge in [0.1, 0.15) is 6.61 Å². The van der Waals surface area contributed by atoms with Gasteiger partial charge in [0.15, 0.2) is 11.5 Å². The lowest BCUT2D eigenvalue weighted by molar-refractivity contribution is -0.136. The number of anilines is 1. The molecule has 2 amide bonds. The van der Waals surface area contributed by atoms with Gasteiger partial charge in [-0.05, 0) is 42.3 Å². The van der Waals surface area contributed by atoms with Gasteiger partial charge in [-0.2, -0.15) is 5.10 Å². The molecule has 0 aliphatic rings. The number of nitrogens with one attached hydrogen (secondary N) is 2. The maximum atomic E-state index is 11.9. The zero-order valence-corrected chi connectivity index (χ0v) is 15.2. The van der Waals surface area contributed by atoms with E-state index in [2.05, 4.69) is 22.4 Å². The van der Waals surface area contributed by atoms with Crippen molar-refractivity contribution in [3.05, 3.63) is 66.2 Å². The first-order chi connectivity index (χ1) is 13.0. The number of nitrogens with zero attached hydrogens (tertiary/aromatic N) is 1. The summed E-state index contributed by atoms with van der Waals surface area (Å²) in [5, 5.41) is 6.33. The highest BCUT2D eigenvalue weighted by Gasteiger charge is 2.13. The van der Waals surface area contributed by atoms with Crippen molar-refractivity contribution in [3.8, 4) is 11.5 Å². The van der Waals surface area contributed by atoms with E-state index in [1.807, 2.05) is 19.1 Å². The number of ether oxygens (including phenoxy) is 2. The third kappa shape index (κ3) is 5.71. The summed E-state index contributed by atoms with van der Waals surface area (Å²) in [6, 6.07) is 12.3. The van der Waals surface area contributed by atoms with Crippen LogP contribution in [0.25, 0.3) is 0 Å². The fourth-order valence-electron chi connectivity index (χ4n) is 2.14. The van der Waals surface area contributed by atoms with Crippen molar-refractivity contribution in [1.29, 1.82) is 0 Å². The van der Waals surface area contributed by atoms with Crippen LogP contribution < -0.4 is 20.2 Å². The highest BCUT2D eigenvalue weighted by Crippen LogP contribution is 2.27. The highest BCUT2D eigenvalue weighted by molar-refractivity contribution is 6.39. The smallest absolute Gasteiger partial charge is 0.329 e. The molecule has 0 fully saturated rings. The average Bonchev–Trinajstić information content (AvgIpc) is 2.68. The van der Waals surface area contributed by atoms with Crippen molar-refractivity contribution < 1.29 is 19.1 Å². The molecule has 140 valence electrons. The predicted molar refractivity (Wildman–Crippen MR) is 104 cm³/mol. The Labute approximate surface area is 157 Å². The Kier molecular flexibility index (Phi) is 7.13. The van der Waals surface area contributed by atoms with Crippen LogP contribution in [0.1, 0.15) is 11.1 Å². The van der Waals surface area contributed by atoms with Crippen LogP contribution in [0.2, 0.25) is 0 Å². The molecule has 2 aromatic rings. The molecule has 0 aliphatic carbocycles. The number of aryl methyl sites for hydroxylation is 1. The fourth-order valence-corrected chi connectivity index (χ4v) is 2.14. The molecular formula is C20H21N3O4. The lowest BCUT2D eigenvalue weighted by atomic mass is 10.2. The molecule has 2 aromatic carbocycles. The van der Waals surface area contributed by atoms with E-state index in [1.165, 1.54) is 13.3 Å². The molecule has 27 heavy (non-hydrogen) atoms. The summed E-state index contributed by atoms with van der Waals surface area (Å²) in [7, 11) is 1.52. The molecule has 0 aliphatic heterocycles. The van der Waals surface area contributed by atoms with E-state index >= 15 is 0 Å². The number of amides is 2. The number of hydrogen-bond donors (Lipinski definition) is 2. The molecule has 7 heteroatoms. The van der Waals surface area contributed by atoms with Crippen LogP contribution >= 0.6 is 0 Å². The van der Waals surface area contributed by atoms with E-state index in [9.17, 15) is 9.59 Å². The van der Waals surface area contributed by atoms with Crippen molar-refractivity contribution in [2.75, 3.05) is 19.0 Å². The van der Waals surface area contributed by atoms with E-state index in [-0.39, 0.29) is 0 Å². The lowest BCUT2D eigenvalue weighted by Crippen LogP contribution is -2.32. The van der Waals surface area contributed by atoms with Gasteiger partial charge in [0.25, 0.3) is 0 Å². The minimum absolute atomic E-state index is 0.357. The van der Waals surface area contributed by atoms with Crippen molar-refractivity contribution in [1.82, 2.24) is 5.43 Å². The van der Waals surface area contributed by atoms with Crippen molar-refractivity contribution in [2.45, 2.75) is 6.92 Å². The number of benzene rings is 2. The number of methoxy groups -OCH3 is 1. The molecule has 0 saturated heterocycles. The van der Waals surface area contributed by atoms with E-state index in [0.29, 0.717) is 29.4 Å². The Morgan fingerprint density at radius 3 is 2.63 bits per heavy atom. The summed E-state index contributed by atoms with van der Waals surface area (Å²) in [5.41, 5.74) is 4.28. The largest absolute Gasteiger partial charge is 0.493 e. The Balaban J connectivity index is 1.96.